The van der Waals surface area contributed by atoms with Crippen molar-refractivity contribution in [1.82, 2.24) is 19.4 Å². The SMILES string of the molecule is Cc1nc2ccccc2n1C1C[C@H]2CC[C@@H](C1)N2CCC1(c2ccccc2)CCN(C(=O)c2ccccc2C(F)(F)F)CC1. The molecule has 0 N–H and O–H groups in total. The van der Waals surface area contributed by atoms with Crippen molar-refractivity contribution in [3.8, 4) is 0 Å². The molecule has 7 rings (SSSR count). The Balaban J connectivity index is 1.07. The van der Waals surface area contributed by atoms with E-state index in [1.807, 2.05) is 6.07 Å². The van der Waals surface area contributed by atoms with Gasteiger partial charge in [0.1, 0.15) is 5.82 Å². The van der Waals surface area contributed by atoms with Crippen molar-refractivity contribution in [2.24, 2.45) is 0 Å². The van der Waals surface area contributed by atoms with Crippen LogP contribution in [0.3, 0.4) is 0 Å². The molecular formula is C36H39F3N4O. The molecule has 3 saturated heterocycles. The van der Waals surface area contributed by atoms with Gasteiger partial charge in [0, 0.05) is 31.2 Å². The second kappa shape index (κ2) is 11.4. The molecule has 44 heavy (non-hydrogen) atoms. The maximum absolute atomic E-state index is 13.7. The van der Waals surface area contributed by atoms with Gasteiger partial charge in [-0.3, -0.25) is 9.69 Å². The van der Waals surface area contributed by atoms with Crippen LogP contribution in [-0.4, -0.2) is 57.0 Å². The van der Waals surface area contributed by atoms with Crippen LogP contribution in [0.15, 0.2) is 78.9 Å². The van der Waals surface area contributed by atoms with E-state index in [4.69, 9.17) is 4.98 Å². The van der Waals surface area contributed by atoms with Crippen LogP contribution in [0.2, 0.25) is 0 Å². The van der Waals surface area contributed by atoms with Gasteiger partial charge in [-0.2, -0.15) is 13.2 Å². The van der Waals surface area contributed by atoms with E-state index < -0.39 is 17.6 Å². The third-order valence-corrected chi connectivity index (χ3v) is 10.7. The number of hydrogen-bond acceptors (Lipinski definition) is 3. The van der Waals surface area contributed by atoms with Crippen molar-refractivity contribution in [2.45, 2.75) is 81.6 Å². The average molecular weight is 601 g/mol. The summed E-state index contributed by atoms with van der Waals surface area (Å²) in [6.45, 7) is 4.01. The highest BCUT2D eigenvalue weighted by Crippen LogP contribution is 2.45. The third kappa shape index (κ3) is 5.21. The van der Waals surface area contributed by atoms with Gasteiger partial charge in [0.25, 0.3) is 5.91 Å². The van der Waals surface area contributed by atoms with Gasteiger partial charge in [0.15, 0.2) is 0 Å². The number of nitrogens with zero attached hydrogens (tertiary/aromatic N) is 4. The highest BCUT2D eigenvalue weighted by atomic mass is 19.4. The lowest BCUT2D eigenvalue weighted by atomic mass is 9.70. The molecule has 5 nitrogen and oxygen atoms in total. The van der Waals surface area contributed by atoms with E-state index in [1.54, 1.807) is 4.90 Å². The molecule has 3 atom stereocenters. The van der Waals surface area contributed by atoms with E-state index in [1.165, 1.54) is 42.1 Å². The first kappa shape index (κ1) is 29.1. The number of likely N-dealkylation sites (tertiary alicyclic amines) is 1. The number of imidazole rings is 1. The second-order valence-electron chi connectivity index (χ2n) is 13.0. The van der Waals surface area contributed by atoms with Crippen LogP contribution in [0.25, 0.3) is 11.0 Å². The number of halogens is 3. The first-order valence-electron chi connectivity index (χ1n) is 15.9. The third-order valence-electron chi connectivity index (χ3n) is 10.7. The van der Waals surface area contributed by atoms with Gasteiger partial charge in [0.2, 0.25) is 0 Å². The number of fused-ring (bicyclic) bond motifs is 3. The lowest BCUT2D eigenvalue weighted by Crippen LogP contribution is -2.49. The Morgan fingerprint density at radius 3 is 2.20 bits per heavy atom. The molecule has 3 aliphatic heterocycles. The van der Waals surface area contributed by atoms with Crippen molar-refractivity contribution in [1.29, 1.82) is 0 Å². The topological polar surface area (TPSA) is 41.4 Å². The summed E-state index contributed by atoms with van der Waals surface area (Å²) in [5.74, 6) is 0.563. The maximum atomic E-state index is 13.7. The zero-order chi connectivity index (χ0) is 30.5. The Kier molecular flexibility index (Phi) is 7.51. The summed E-state index contributed by atoms with van der Waals surface area (Å²) in [6.07, 6.45) is 2.56. The minimum atomic E-state index is -4.56. The van der Waals surface area contributed by atoms with Crippen molar-refractivity contribution in [3.63, 3.8) is 0 Å². The Labute approximate surface area is 256 Å². The number of carbonyl (C=O) groups is 1. The van der Waals surface area contributed by atoms with E-state index in [2.05, 4.69) is 64.9 Å². The first-order chi connectivity index (χ1) is 21.2. The molecule has 0 radical (unpaired) electrons. The molecule has 230 valence electrons. The van der Waals surface area contributed by atoms with Crippen molar-refractivity contribution in [3.05, 3.63) is 101 Å². The number of para-hydroxylation sites is 2. The van der Waals surface area contributed by atoms with E-state index >= 15 is 0 Å². The zero-order valence-electron chi connectivity index (χ0n) is 25.1. The monoisotopic (exact) mass is 600 g/mol. The van der Waals surface area contributed by atoms with Crippen LogP contribution in [0.1, 0.15) is 78.3 Å². The quantitative estimate of drug-likeness (QED) is 0.227. The molecule has 4 heterocycles. The molecule has 4 aromatic rings. The molecule has 1 unspecified atom stereocenters. The summed E-state index contributed by atoms with van der Waals surface area (Å²) in [5, 5.41) is 0. The van der Waals surface area contributed by atoms with E-state index in [-0.39, 0.29) is 11.0 Å². The molecule has 3 fully saturated rings. The molecule has 1 amide bonds. The van der Waals surface area contributed by atoms with E-state index in [0.717, 1.165) is 56.1 Å². The Hall–Kier alpha value is -3.65. The van der Waals surface area contributed by atoms with E-state index in [9.17, 15) is 18.0 Å². The van der Waals surface area contributed by atoms with Crippen LogP contribution in [0.5, 0.6) is 0 Å². The molecule has 0 aliphatic carbocycles. The zero-order valence-corrected chi connectivity index (χ0v) is 25.1. The summed E-state index contributed by atoms with van der Waals surface area (Å²) in [4.78, 5) is 22.6. The molecule has 0 spiro atoms. The number of aromatic nitrogens is 2. The Bertz CT molecular complexity index is 1630. The number of hydrogen-bond donors (Lipinski definition) is 0. The highest BCUT2D eigenvalue weighted by molar-refractivity contribution is 5.96. The van der Waals surface area contributed by atoms with Crippen LogP contribution in [0.4, 0.5) is 13.2 Å². The van der Waals surface area contributed by atoms with Gasteiger partial charge in [0.05, 0.1) is 22.2 Å². The minimum absolute atomic E-state index is 0.116. The van der Waals surface area contributed by atoms with Crippen LogP contribution < -0.4 is 0 Å². The summed E-state index contributed by atoms with van der Waals surface area (Å²) in [6, 6.07) is 25.6. The van der Waals surface area contributed by atoms with Gasteiger partial charge in [-0.1, -0.05) is 54.6 Å². The molecular weight excluding hydrogens is 561 g/mol. The number of piperidine rings is 2. The van der Waals surface area contributed by atoms with Crippen LogP contribution >= 0.6 is 0 Å². The fourth-order valence-electron chi connectivity index (χ4n) is 8.49. The molecule has 8 heteroatoms. The summed E-state index contributed by atoms with van der Waals surface area (Å²) in [7, 11) is 0. The minimum Gasteiger partial charge on any atom is -0.339 e. The van der Waals surface area contributed by atoms with Gasteiger partial charge in [-0.25, -0.2) is 4.98 Å². The largest absolute Gasteiger partial charge is 0.417 e. The summed E-state index contributed by atoms with van der Waals surface area (Å²) in [5.41, 5.74) is 2.33. The molecule has 3 aromatic carbocycles. The van der Waals surface area contributed by atoms with Gasteiger partial charge in [-0.05, 0) is 93.7 Å². The molecule has 1 aromatic heterocycles. The second-order valence-corrected chi connectivity index (χ2v) is 13.0. The Morgan fingerprint density at radius 2 is 1.50 bits per heavy atom. The molecule has 0 saturated carbocycles. The smallest absolute Gasteiger partial charge is 0.339 e. The van der Waals surface area contributed by atoms with Crippen molar-refractivity contribution in [2.75, 3.05) is 19.6 Å². The highest BCUT2D eigenvalue weighted by Gasteiger charge is 2.44. The molecule has 2 bridgehead atoms. The van der Waals surface area contributed by atoms with Crippen molar-refractivity contribution >= 4 is 16.9 Å². The number of aryl methyl sites for hydroxylation is 1. The van der Waals surface area contributed by atoms with Gasteiger partial charge in [-0.15, -0.1) is 0 Å². The average Bonchev–Trinajstić information content (AvgIpc) is 3.50. The van der Waals surface area contributed by atoms with Gasteiger partial charge >= 0.3 is 6.18 Å². The standard InChI is InChI=1S/C36H39F3N4O/c1-25-40-32-13-7-8-14-33(32)43(25)29-23-27-15-16-28(24-29)42(27)22-19-35(26-9-3-2-4-10-26)17-20-41(21-18-35)34(44)30-11-5-6-12-31(30)36(37,38)39/h2-14,27-29H,15-24H2,1H3/t27-,28+,29?. The van der Waals surface area contributed by atoms with Gasteiger partial charge < -0.3 is 9.47 Å². The predicted molar refractivity (Wildman–Crippen MR) is 166 cm³/mol. The summed E-state index contributed by atoms with van der Waals surface area (Å²) < 4.78 is 43.5. The maximum Gasteiger partial charge on any atom is 0.417 e. The number of benzene rings is 3. The number of carbonyl (C=O) groups excluding carboxylic acids is 1. The molecule has 3 aliphatic rings. The van der Waals surface area contributed by atoms with Crippen molar-refractivity contribution < 1.29 is 18.0 Å². The predicted octanol–water partition coefficient (Wildman–Crippen LogP) is 7.80. The normalized spacial score (nSPS) is 23.7. The van der Waals surface area contributed by atoms with Crippen LogP contribution in [0, 0.1) is 6.92 Å². The fraction of sp³-hybridized carbons (Fsp3) is 0.444. The number of amides is 1. The van der Waals surface area contributed by atoms with E-state index in [0.29, 0.717) is 31.2 Å². The van der Waals surface area contributed by atoms with Crippen LogP contribution in [-0.2, 0) is 11.6 Å². The summed E-state index contributed by atoms with van der Waals surface area (Å²) >= 11 is 0. The fourth-order valence-corrected chi connectivity index (χ4v) is 8.49. The lowest BCUT2D eigenvalue weighted by Gasteiger charge is -2.45. The first-order valence-corrected chi connectivity index (χ1v) is 15.9. The number of alkyl halides is 3. The lowest BCUT2D eigenvalue weighted by molar-refractivity contribution is -0.138. The Morgan fingerprint density at radius 1 is 0.864 bits per heavy atom. The number of rotatable bonds is 6.